The number of nitrogens with zero attached hydrogens (tertiary/aromatic N) is 1. The SMILES string of the molecule is CC[C@@H](Oc1ccc(F)cc1)C(=O)NC[C@@H](c1ccccc1OC)N(C)C. The van der Waals surface area contributed by atoms with E-state index >= 15 is 0 Å². The Morgan fingerprint density at radius 1 is 1.15 bits per heavy atom. The highest BCUT2D eigenvalue weighted by atomic mass is 19.1. The molecule has 0 saturated heterocycles. The van der Waals surface area contributed by atoms with E-state index in [1.165, 1.54) is 24.3 Å². The van der Waals surface area contributed by atoms with Crippen molar-refractivity contribution in [2.45, 2.75) is 25.5 Å². The first-order valence-corrected chi connectivity index (χ1v) is 8.95. The molecular formula is C21H27FN2O3. The summed E-state index contributed by atoms with van der Waals surface area (Å²) in [5.41, 5.74) is 0.998. The molecule has 0 unspecified atom stereocenters. The van der Waals surface area contributed by atoms with Gasteiger partial charge in [0.2, 0.25) is 0 Å². The number of ether oxygens (including phenoxy) is 2. The Labute approximate surface area is 160 Å². The van der Waals surface area contributed by atoms with E-state index in [1.807, 2.05) is 50.2 Å². The van der Waals surface area contributed by atoms with Crippen LogP contribution in [0.5, 0.6) is 11.5 Å². The molecule has 0 fully saturated rings. The van der Waals surface area contributed by atoms with E-state index in [1.54, 1.807) is 7.11 Å². The van der Waals surface area contributed by atoms with Crippen molar-refractivity contribution < 1.29 is 18.7 Å². The Kier molecular flexibility index (Phi) is 7.61. The molecule has 1 N–H and O–H groups in total. The predicted octanol–water partition coefficient (Wildman–Crippen LogP) is 3.41. The van der Waals surface area contributed by atoms with Crippen LogP contribution in [0.25, 0.3) is 0 Å². The summed E-state index contributed by atoms with van der Waals surface area (Å²) in [5.74, 6) is 0.696. The maximum atomic E-state index is 13.0. The van der Waals surface area contributed by atoms with Crippen LogP contribution in [0.15, 0.2) is 48.5 Å². The largest absolute Gasteiger partial charge is 0.496 e. The summed E-state index contributed by atoms with van der Waals surface area (Å²) in [6.45, 7) is 2.28. The van der Waals surface area contributed by atoms with Gasteiger partial charge in [-0.05, 0) is 50.8 Å². The number of nitrogens with one attached hydrogen (secondary N) is 1. The number of hydrogen-bond acceptors (Lipinski definition) is 4. The molecule has 0 aliphatic rings. The smallest absolute Gasteiger partial charge is 0.261 e. The molecule has 146 valence electrons. The fraction of sp³-hybridized carbons (Fsp3) is 0.381. The van der Waals surface area contributed by atoms with Gasteiger partial charge in [-0.25, -0.2) is 4.39 Å². The normalized spacial score (nSPS) is 13.1. The highest BCUT2D eigenvalue weighted by Crippen LogP contribution is 2.27. The lowest BCUT2D eigenvalue weighted by molar-refractivity contribution is -0.128. The number of amides is 1. The van der Waals surface area contributed by atoms with Gasteiger partial charge in [0.1, 0.15) is 17.3 Å². The molecule has 6 heteroatoms. The van der Waals surface area contributed by atoms with Crippen molar-refractivity contribution in [3.05, 3.63) is 59.9 Å². The van der Waals surface area contributed by atoms with Crippen LogP contribution in [-0.4, -0.2) is 44.7 Å². The topological polar surface area (TPSA) is 50.8 Å². The number of carbonyl (C=O) groups excluding carboxylic acids is 1. The quantitative estimate of drug-likeness (QED) is 0.731. The van der Waals surface area contributed by atoms with Crippen molar-refractivity contribution in [3.8, 4) is 11.5 Å². The van der Waals surface area contributed by atoms with E-state index in [0.29, 0.717) is 18.7 Å². The van der Waals surface area contributed by atoms with E-state index in [-0.39, 0.29) is 17.8 Å². The van der Waals surface area contributed by atoms with Gasteiger partial charge >= 0.3 is 0 Å². The minimum Gasteiger partial charge on any atom is -0.496 e. The molecule has 0 aliphatic carbocycles. The molecule has 2 aromatic rings. The van der Waals surface area contributed by atoms with Gasteiger partial charge in [-0.1, -0.05) is 25.1 Å². The van der Waals surface area contributed by atoms with Crippen LogP contribution in [0.3, 0.4) is 0 Å². The average molecular weight is 374 g/mol. The molecule has 1 amide bonds. The molecule has 0 bridgehead atoms. The maximum absolute atomic E-state index is 13.0. The van der Waals surface area contributed by atoms with Crippen molar-refractivity contribution >= 4 is 5.91 Å². The lowest BCUT2D eigenvalue weighted by Gasteiger charge is -2.27. The van der Waals surface area contributed by atoms with Gasteiger partial charge in [0.25, 0.3) is 5.91 Å². The molecule has 0 saturated carbocycles. The highest BCUT2D eigenvalue weighted by molar-refractivity contribution is 5.81. The van der Waals surface area contributed by atoms with Gasteiger partial charge in [-0.3, -0.25) is 4.79 Å². The second-order valence-electron chi connectivity index (χ2n) is 6.44. The van der Waals surface area contributed by atoms with Crippen molar-refractivity contribution in [3.63, 3.8) is 0 Å². The molecule has 0 radical (unpaired) electrons. The Balaban J connectivity index is 2.04. The van der Waals surface area contributed by atoms with Crippen molar-refractivity contribution in [2.75, 3.05) is 27.7 Å². The molecule has 27 heavy (non-hydrogen) atoms. The second kappa shape index (κ2) is 9.92. The summed E-state index contributed by atoms with van der Waals surface area (Å²) >= 11 is 0. The summed E-state index contributed by atoms with van der Waals surface area (Å²) in [6.07, 6.45) is -0.138. The molecule has 0 aromatic heterocycles. The van der Waals surface area contributed by atoms with Gasteiger partial charge in [-0.2, -0.15) is 0 Å². The standard InChI is InChI=1S/C21H27FN2O3/c1-5-19(27-16-12-10-15(22)11-13-16)21(25)23-14-18(24(2)3)17-8-6-7-9-20(17)26-4/h6-13,18-19H,5,14H2,1-4H3,(H,23,25)/t18-,19+/m0/s1. The van der Waals surface area contributed by atoms with Gasteiger partial charge in [0.15, 0.2) is 6.10 Å². The molecule has 2 rings (SSSR count). The first-order valence-electron chi connectivity index (χ1n) is 8.95. The fourth-order valence-corrected chi connectivity index (χ4v) is 2.82. The van der Waals surface area contributed by atoms with E-state index in [0.717, 1.165) is 11.3 Å². The number of carbonyl (C=O) groups is 1. The van der Waals surface area contributed by atoms with Crippen LogP contribution in [-0.2, 0) is 4.79 Å². The Morgan fingerprint density at radius 2 is 1.81 bits per heavy atom. The minimum absolute atomic E-state index is 0.0478. The second-order valence-corrected chi connectivity index (χ2v) is 6.44. The predicted molar refractivity (Wildman–Crippen MR) is 104 cm³/mol. The van der Waals surface area contributed by atoms with E-state index in [2.05, 4.69) is 5.32 Å². The van der Waals surface area contributed by atoms with E-state index in [4.69, 9.17) is 9.47 Å². The first-order chi connectivity index (χ1) is 13.0. The Hall–Kier alpha value is -2.60. The summed E-state index contributed by atoms with van der Waals surface area (Å²) in [5, 5.41) is 2.96. The monoisotopic (exact) mass is 374 g/mol. The van der Waals surface area contributed by atoms with Crippen molar-refractivity contribution in [2.24, 2.45) is 0 Å². The van der Waals surface area contributed by atoms with E-state index in [9.17, 15) is 9.18 Å². The average Bonchev–Trinajstić information content (AvgIpc) is 2.67. The summed E-state index contributed by atoms with van der Waals surface area (Å²) in [7, 11) is 5.54. The third-order valence-corrected chi connectivity index (χ3v) is 4.35. The van der Waals surface area contributed by atoms with Crippen LogP contribution in [0.1, 0.15) is 24.9 Å². The third-order valence-electron chi connectivity index (χ3n) is 4.35. The lowest BCUT2D eigenvalue weighted by Crippen LogP contribution is -2.42. The van der Waals surface area contributed by atoms with Gasteiger partial charge in [0.05, 0.1) is 13.2 Å². The van der Waals surface area contributed by atoms with Crippen molar-refractivity contribution in [1.82, 2.24) is 10.2 Å². The van der Waals surface area contributed by atoms with Gasteiger partial charge < -0.3 is 19.7 Å². The molecule has 0 aliphatic heterocycles. The van der Waals surface area contributed by atoms with Gasteiger partial charge in [-0.15, -0.1) is 0 Å². The zero-order valence-corrected chi connectivity index (χ0v) is 16.2. The number of hydrogen-bond donors (Lipinski definition) is 1. The molecule has 2 atom stereocenters. The number of rotatable bonds is 9. The molecule has 0 heterocycles. The van der Waals surface area contributed by atoms with Crippen LogP contribution >= 0.6 is 0 Å². The zero-order valence-electron chi connectivity index (χ0n) is 16.2. The van der Waals surface area contributed by atoms with Crippen molar-refractivity contribution in [1.29, 1.82) is 0 Å². The fourth-order valence-electron chi connectivity index (χ4n) is 2.82. The Bertz CT molecular complexity index is 734. The van der Waals surface area contributed by atoms with E-state index < -0.39 is 6.10 Å². The lowest BCUT2D eigenvalue weighted by atomic mass is 10.0. The number of likely N-dealkylation sites (N-methyl/N-ethyl adjacent to an activating group) is 1. The van der Waals surface area contributed by atoms with Crippen LogP contribution < -0.4 is 14.8 Å². The highest BCUT2D eigenvalue weighted by Gasteiger charge is 2.23. The minimum atomic E-state index is -0.643. The summed E-state index contributed by atoms with van der Waals surface area (Å²) in [4.78, 5) is 14.6. The maximum Gasteiger partial charge on any atom is 0.261 e. The number of methoxy groups -OCH3 is 1. The number of halogens is 1. The molecular weight excluding hydrogens is 347 g/mol. The summed E-state index contributed by atoms with van der Waals surface area (Å²) < 4.78 is 24.2. The first kappa shape index (κ1) is 20.7. The van der Waals surface area contributed by atoms with Crippen LogP contribution in [0, 0.1) is 5.82 Å². The molecule has 0 spiro atoms. The Morgan fingerprint density at radius 3 is 2.41 bits per heavy atom. The molecule has 5 nitrogen and oxygen atoms in total. The summed E-state index contributed by atoms with van der Waals surface area (Å²) in [6, 6.07) is 13.4. The number of benzene rings is 2. The van der Waals surface area contributed by atoms with Gasteiger partial charge in [0, 0.05) is 12.1 Å². The number of para-hydroxylation sites is 1. The molecule has 2 aromatic carbocycles. The van der Waals surface area contributed by atoms with Crippen LogP contribution in [0.4, 0.5) is 4.39 Å². The third kappa shape index (κ3) is 5.69. The zero-order chi connectivity index (χ0) is 19.8. The van der Waals surface area contributed by atoms with Crippen LogP contribution in [0.2, 0.25) is 0 Å².